The summed E-state index contributed by atoms with van der Waals surface area (Å²) < 4.78 is 10.1. The predicted molar refractivity (Wildman–Crippen MR) is 94.0 cm³/mol. The molecule has 0 saturated heterocycles. The summed E-state index contributed by atoms with van der Waals surface area (Å²) in [5, 5.41) is 5.56. The number of ether oxygens (including phenoxy) is 2. The van der Waals surface area contributed by atoms with E-state index in [1.54, 1.807) is 13.8 Å². The molecule has 0 spiro atoms. The summed E-state index contributed by atoms with van der Waals surface area (Å²) in [6.07, 6.45) is -1.29. The molecule has 2 rings (SSSR count). The third-order valence-electron chi connectivity index (χ3n) is 3.54. The maximum absolute atomic E-state index is 12.2. The van der Waals surface area contributed by atoms with E-state index in [-0.39, 0.29) is 13.2 Å². The number of benzene rings is 2. The highest BCUT2D eigenvalue weighted by atomic mass is 16.6. The Balaban J connectivity index is 2.55. The number of carbonyl (C=O) groups is 2. The largest absolute Gasteiger partial charge is 0.450 e. The fraction of sp³-hybridized carbons (Fsp3) is 0.263. The summed E-state index contributed by atoms with van der Waals surface area (Å²) in [6.45, 7) is 3.85. The first-order chi connectivity index (χ1) is 12.1. The minimum Gasteiger partial charge on any atom is -0.450 e. The molecular formula is C19H22N2O4. The second-order valence-corrected chi connectivity index (χ2v) is 5.17. The van der Waals surface area contributed by atoms with Crippen molar-refractivity contribution < 1.29 is 19.1 Å². The lowest BCUT2D eigenvalue weighted by atomic mass is 9.91. The van der Waals surface area contributed by atoms with Crippen LogP contribution in [0, 0.1) is 0 Å². The molecule has 0 atom stereocenters. The van der Waals surface area contributed by atoms with Gasteiger partial charge in [0.1, 0.15) is 0 Å². The fourth-order valence-corrected chi connectivity index (χ4v) is 2.50. The van der Waals surface area contributed by atoms with Gasteiger partial charge in [0.15, 0.2) is 5.66 Å². The average Bonchev–Trinajstić information content (AvgIpc) is 2.63. The molecule has 2 aromatic rings. The van der Waals surface area contributed by atoms with Gasteiger partial charge in [-0.3, -0.25) is 10.6 Å². The third kappa shape index (κ3) is 4.50. The van der Waals surface area contributed by atoms with Crippen molar-refractivity contribution in [2.45, 2.75) is 19.5 Å². The maximum Gasteiger partial charge on any atom is 0.409 e. The average molecular weight is 342 g/mol. The molecule has 132 valence electrons. The molecule has 0 heterocycles. The topological polar surface area (TPSA) is 76.7 Å². The van der Waals surface area contributed by atoms with Crippen molar-refractivity contribution in [2.75, 3.05) is 13.2 Å². The molecule has 0 fully saturated rings. The van der Waals surface area contributed by atoms with Gasteiger partial charge >= 0.3 is 12.2 Å². The molecule has 0 radical (unpaired) electrons. The Morgan fingerprint density at radius 2 is 1.12 bits per heavy atom. The molecule has 2 amide bonds. The van der Waals surface area contributed by atoms with E-state index in [9.17, 15) is 9.59 Å². The van der Waals surface area contributed by atoms with E-state index < -0.39 is 17.8 Å². The van der Waals surface area contributed by atoms with E-state index in [0.717, 1.165) is 0 Å². The van der Waals surface area contributed by atoms with Crippen LogP contribution in [0.1, 0.15) is 25.0 Å². The number of nitrogens with one attached hydrogen (secondary N) is 2. The predicted octanol–water partition coefficient (Wildman–Crippen LogP) is 3.38. The molecule has 0 aliphatic carbocycles. The molecule has 0 aliphatic rings. The number of amides is 2. The lowest BCUT2D eigenvalue weighted by Gasteiger charge is -2.35. The highest BCUT2D eigenvalue weighted by Gasteiger charge is 2.38. The first-order valence-corrected chi connectivity index (χ1v) is 8.13. The van der Waals surface area contributed by atoms with Gasteiger partial charge in [-0.05, 0) is 13.8 Å². The van der Waals surface area contributed by atoms with Gasteiger partial charge in [-0.1, -0.05) is 60.7 Å². The Bertz CT molecular complexity index is 628. The molecule has 6 heteroatoms. The van der Waals surface area contributed by atoms with Gasteiger partial charge in [0, 0.05) is 11.1 Å². The van der Waals surface area contributed by atoms with Crippen LogP contribution in [0.3, 0.4) is 0 Å². The summed E-state index contributed by atoms with van der Waals surface area (Å²) in [6, 6.07) is 18.3. The molecule has 0 saturated carbocycles. The van der Waals surface area contributed by atoms with Crippen molar-refractivity contribution in [3.63, 3.8) is 0 Å². The van der Waals surface area contributed by atoms with E-state index in [1.165, 1.54) is 0 Å². The number of hydrogen-bond acceptors (Lipinski definition) is 4. The second-order valence-electron chi connectivity index (χ2n) is 5.17. The van der Waals surface area contributed by atoms with Crippen LogP contribution in [0.25, 0.3) is 0 Å². The number of hydrogen-bond donors (Lipinski definition) is 2. The Labute approximate surface area is 147 Å². The minimum absolute atomic E-state index is 0.213. The van der Waals surface area contributed by atoms with Gasteiger partial charge in [-0.25, -0.2) is 9.59 Å². The second kappa shape index (κ2) is 8.73. The molecule has 25 heavy (non-hydrogen) atoms. The van der Waals surface area contributed by atoms with E-state index in [0.29, 0.717) is 11.1 Å². The van der Waals surface area contributed by atoms with Gasteiger partial charge in [0.25, 0.3) is 0 Å². The monoisotopic (exact) mass is 342 g/mol. The smallest absolute Gasteiger partial charge is 0.409 e. The Hall–Kier alpha value is -3.02. The van der Waals surface area contributed by atoms with Crippen LogP contribution in [0.5, 0.6) is 0 Å². The van der Waals surface area contributed by atoms with Crippen LogP contribution in [0.4, 0.5) is 9.59 Å². The standard InChI is InChI=1S/C19H22N2O4/c1-3-24-17(22)20-19(21-18(23)25-4-2,15-11-7-5-8-12-15)16-13-9-6-10-14-16/h5-14H,3-4H2,1-2H3,(H,20,22)(H,21,23). The molecule has 6 nitrogen and oxygen atoms in total. The highest BCUT2D eigenvalue weighted by Crippen LogP contribution is 2.27. The van der Waals surface area contributed by atoms with Crippen LogP contribution in [0.15, 0.2) is 60.7 Å². The fourth-order valence-electron chi connectivity index (χ4n) is 2.50. The maximum atomic E-state index is 12.2. The summed E-state index contributed by atoms with van der Waals surface area (Å²) in [7, 11) is 0. The van der Waals surface area contributed by atoms with Gasteiger partial charge < -0.3 is 9.47 Å². The van der Waals surface area contributed by atoms with E-state index in [1.807, 2.05) is 60.7 Å². The lowest BCUT2D eigenvalue weighted by molar-refractivity contribution is 0.122. The van der Waals surface area contributed by atoms with Crippen molar-refractivity contribution in [3.05, 3.63) is 71.8 Å². The Morgan fingerprint density at radius 1 is 0.760 bits per heavy atom. The van der Waals surface area contributed by atoms with E-state index in [4.69, 9.17) is 9.47 Å². The van der Waals surface area contributed by atoms with Gasteiger partial charge in [0.2, 0.25) is 0 Å². The van der Waals surface area contributed by atoms with Crippen molar-refractivity contribution in [3.8, 4) is 0 Å². The van der Waals surface area contributed by atoms with Crippen molar-refractivity contribution >= 4 is 12.2 Å². The number of carbonyl (C=O) groups excluding carboxylic acids is 2. The van der Waals surface area contributed by atoms with Gasteiger partial charge in [-0.15, -0.1) is 0 Å². The van der Waals surface area contributed by atoms with Crippen molar-refractivity contribution in [1.29, 1.82) is 0 Å². The SMILES string of the molecule is CCOC(=O)NC(NC(=O)OCC)(c1ccccc1)c1ccccc1. The van der Waals surface area contributed by atoms with Crippen LogP contribution < -0.4 is 10.6 Å². The van der Waals surface area contributed by atoms with Gasteiger partial charge in [0.05, 0.1) is 13.2 Å². The van der Waals surface area contributed by atoms with Crippen LogP contribution in [-0.2, 0) is 15.1 Å². The molecule has 0 aliphatic heterocycles. The number of rotatable bonds is 6. The molecule has 2 aromatic carbocycles. The zero-order valence-corrected chi connectivity index (χ0v) is 14.3. The molecule has 0 bridgehead atoms. The molecular weight excluding hydrogens is 320 g/mol. The van der Waals surface area contributed by atoms with Gasteiger partial charge in [-0.2, -0.15) is 0 Å². The lowest BCUT2D eigenvalue weighted by Crippen LogP contribution is -2.59. The summed E-state index contributed by atoms with van der Waals surface area (Å²) in [5.41, 5.74) is 0.0192. The summed E-state index contributed by atoms with van der Waals surface area (Å²) >= 11 is 0. The van der Waals surface area contributed by atoms with E-state index >= 15 is 0 Å². The zero-order chi connectivity index (χ0) is 18.1. The first kappa shape index (κ1) is 18.3. The molecule has 0 aromatic heterocycles. The summed E-state index contributed by atoms with van der Waals surface area (Å²) in [5.74, 6) is 0. The zero-order valence-electron chi connectivity index (χ0n) is 14.3. The molecule has 2 N–H and O–H groups in total. The minimum atomic E-state index is -1.32. The summed E-state index contributed by atoms with van der Waals surface area (Å²) in [4.78, 5) is 24.4. The van der Waals surface area contributed by atoms with E-state index in [2.05, 4.69) is 10.6 Å². The Kier molecular flexibility index (Phi) is 6.39. The Morgan fingerprint density at radius 3 is 1.44 bits per heavy atom. The number of alkyl carbamates (subject to hydrolysis) is 2. The highest BCUT2D eigenvalue weighted by molar-refractivity contribution is 5.74. The van der Waals surface area contributed by atoms with Crippen LogP contribution >= 0.6 is 0 Å². The quantitative estimate of drug-likeness (QED) is 0.789. The normalized spacial score (nSPS) is 10.6. The van der Waals surface area contributed by atoms with Crippen molar-refractivity contribution in [2.24, 2.45) is 0 Å². The van der Waals surface area contributed by atoms with Crippen LogP contribution in [0.2, 0.25) is 0 Å². The molecule has 0 unspecified atom stereocenters. The third-order valence-corrected chi connectivity index (χ3v) is 3.54. The van der Waals surface area contributed by atoms with Crippen molar-refractivity contribution in [1.82, 2.24) is 10.6 Å². The van der Waals surface area contributed by atoms with Crippen LogP contribution in [-0.4, -0.2) is 25.4 Å². The first-order valence-electron chi connectivity index (χ1n) is 8.13.